The highest BCUT2D eigenvalue weighted by atomic mass is 32.2. The number of rotatable bonds is 9. The molecule has 0 bridgehead atoms. The van der Waals surface area contributed by atoms with E-state index in [9.17, 15) is 22.8 Å². The molecule has 176 valence electrons. The summed E-state index contributed by atoms with van der Waals surface area (Å²) in [6, 6.07) is 15.5. The molecule has 1 aromatic heterocycles. The summed E-state index contributed by atoms with van der Waals surface area (Å²) < 4.78 is 37.0. The molecule has 0 aliphatic carbocycles. The van der Waals surface area contributed by atoms with Gasteiger partial charge in [-0.25, -0.2) is 8.42 Å². The summed E-state index contributed by atoms with van der Waals surface area (Å²) in [6.45, 7) is -0.363. The average molecular weight is 483 g/mol. The van der Waals surface area contributed by atoms with E-state index in [-0.39, 0.29) is 30.2 Å². The van der Waals surface area contributed by atoms with Crippen LogP contribution in [0.5, 0.6) is 5.75 Å². The van der Waals surface area contributed by atoms with Crippen LogP contribution in [0.2, 0.25) is 0 Å². The molecule has 9 nitrogen and oxygen atoms in total. The van der Waals surface area contributed by atoms with E-state index in [4.69, 9.17) is 9.15 Å². The highest BCUT2D eigenvalue weighted by Gasteiger charge is 2.35. The summed E-state index contributed by atoms with van der Waals surface area (Å²) in [5, 5.41) is 1.42. The van der Waals surface area contributed by atoms with Gasteiger partial charge in [-0.15, -0.1) is 0 Å². The SMILES string of the molecule is COc1ccc(S(=O)(=O)[C@@H](CNC(=O)CCN2C(=O)c3ccccc3C2=O)c2ccco2)cc1. The second kappa shape index (κ2) is 9.52. The first-order valence-corrected chi connectivity index (χ1v) is 12.0. The maximum absolute atomic E-state index is 13.3. The van der Waals surface area contributed by atoms with Crippen LogP contribution in [-0.4, -0.2) is 51.2 Å². The molecule has 0 spiro atoms. The smallest absolute Gasteiger partial charge is 0.261 e. The van der Waals surface area contributed by atoms with Crippen molar-refractivity contribution in [1.82, 2.24) is 10.2 Å². The zero-order chi connectivity index (χ0) is 24.3. The van der Waals surface area contributed by atoms with Gasteiger partial charge in [0.25, 0.3) is 11.8 Å². The van der Waals surface area contributed by atoms with Crippen LogP contribution in [0.3, 0.4) is 0 Å². The minimum atomic E-state index is -3.91. The molecular formula is C24H22N2O7S. The molecule has 10 heteroatoms. The molecule has 0 unspecified atom stereocenters. The lowest BCUT2D eigenvalue weighted by molar-refractivity contribution is -0.121. The second-order valence-corrected chi connectivity index (χ2v) is 9.72. The van der Waals surface area contributed by atoms with Crippen LogP contribution in [0.15, 0.2) is 76.2 Å². The van der Waals surface area contributed by atoms with Crippen LogP contribution in [0, 0.1) is 0 Å². The molecule has 1 aliphatic rings. The van der Waals surface area contributed by atoms with Crippen molar-refractivity contribution in [2.75, 3.05) is 20.2 Å². The van der Waals surface area contributed by atoms with E-state index in [2.05, 4.69) is 5.32 Å². The molecule has 4 rings (SSSR count). The van der Waals surface area contributed by atoms with Gasteiger partial charge in [-0.05, 0) is 48.5 Å². The predicted molar refractivity (Wildman–Crippen MR) is 121 cm³/mol. The van der Waals surface area contributed by atoms with Gasteiger partial charge in [-0.3, -0.25) is 19.3 Å². The fourth-order valence-electron chi connectivity index (χ4n) is 3.72. The number of fused-ring (bicyclic) bond motifs is 1. The van der Waals surface area contributed by atoms with Gasteiger partial charge in [-0.2, -0.15) is 0 Å². The van der Waals surface area contributed by atoms with Crippen molar-refractivity contribution in [3.63, 3.8) is 0 Å². The van der Waals surface area contributed by atoms with Crippen molar-refractivity contribution in [3.8, 4) is 5.75 Å². The van der Waals surface area contributed by atoms with Gasteiger partial charge in [0.1, 0.15) is 16.8 Å². The van der Waals surface area contributed by atoms with Crippen LogP contribution in [-0.2, 0) is 14.6 Å². The molecule has 1 atom stereocenters. The molecule has 1 N–H and O–H groups in total. The lowest BCUT2D eigenvalue weighted by Gasteiger charge is -2.18. The fraction of sp³-hybridized carbons (Fsp3) is 0.208. The number of carbonyl (C=O) groups excluding carboxylic acids is 3. The van der Waals surface area contributed by atoms with Crippen molar-refractivity contribution in [1.29, 1.82) is 0 Å². The van der Waals surface area contributed by atoms with E-state index >= 15 is 0 Å². The molecular weight excluding hydrogens is 460 g/mol. The molecule has 2 aromatic carbocycles. The predicted octanol–water partition coefficient (Wildman–Crippen LogP) is 2.61. The third-order valence-corrected chi connectivity index (χ3v) is 7.63. The van der Waals surface area contributed by atoms with Gasteiger partial charge in [0.05, 0.1) is 29.4 Å². The Kier molecular flexibility index (Phi) is 6.51. The number of benzene rings is 2. The number of methoxy groups -OCH3 is 1. The first-order valence-electron chi connectivity index (χ1n) is 10.5. The van der Waals surface area contributed by atoms with E-state index < -0.39 is 32.8 Å². The number of sulfone groups is 1. The molecule has 3 amide bonds. The molecule has 0 saturated heterocycles. The van der Waals surface area contributed by atoms with Crippen LogP contribution in [0.4, 0.5) is 0 Å². The zero-order valence-corrected chi connectivity index (χ0v) is 19.1. The lowest BCUT2D eigenvalue weighted by atomic mass is 10.1. The number of amides is 3. The molecule has 0 radical (unpaired) electrons. The summed E-state index contributed by atoms with van der Waals surface area (Å²) in [4.78, 5) is 38.5. The number of hydrogen-bond donors (Lipinski definition) is 1. The third-order valence-electron chi connectivity index (χ3n) is 5.55. The van der Waals surface area contributed by atoms with Gasteiger partial charge in [0.15, 0.2) is 9.84 Å². The average Bonchev–Trinajstić information content (AvgIpc) is 3.45. The lowest BCUT2D eigenvalue weighted by Crippen LogP contribution is -2.36. The Balaban J connectivity index is 1.43. The quantitative estimate of drug-likeness (QED) is 0.465. The van der Waals surface area contributed by atoms with Crippen molar-refractivity contribution < 1.29 is 32.0 Å². The van der Waals surface area contributed by atoms with E-state index in [1.165, 1.54) is 43.7 Å². The number of nitrogens with one attached hydrogen (secondary N) is 1. The van der Waals surface area contributed by atoms with E-state index in [1.54, 1.807) is 30.3 Å². The topological polar surface area (TPSA) is 123 Å². The molecule has 1 aliphatic heterocycles. The fourth-order valence-corrected chi connectivity index (χ4v) is 5.30. The standard InChI is InChI=1S/C24H22N2O7S/c1-32-16-8-10-17(11-9-16)34(30,31)21(20-7-4-14-33-20)15-25-22(27)12-13-26-23(28)18-5-2-3-6-19(18)24(26)29/h2-11,14,21H,12-13,15H2,1H3,(H,25,27)/t21-/m0/s1. The maximum Gasteiger partial charge on any atom is 0.261 e. The van der Waals surface area contributed by atoms with Gasteiger partial charge in [0, 0.05) is 19.5 Å². The highest BCUT2D eigenvalue weighted by molar-refractivity contribution is 7.91. The normalized spacial score (nSPS) is 14.1. The van der Waals surface area contributed by atoms with Crippen molar-refractivity contribution >= 4 is 27.6 Å². The Morgan fingerprint density at radius 1 is 1.00 bits per heavy atom. The van der Waals surface area contributed by atoms with Gasteiger partial charge >= 0.3 is 0 Å². The van der Waals surface area contributed by atoms with Gasteiger partial charge in [-0.1, -0.05) is 12.1 Å². The van der Waals surface area contributed by atoms with Gasteiger partial charge < -0.3 is 14.5 Å². The number of ether oxygens (including phenoxy) is 1. The first-order chi connectivity index (χ1) is 16.3. The third kappa shape index (κ3) is 4.44. The Morgan fingerprint density at radius 3 is 2.21 bits per heavy atom. The van der Waals surface area contributed by atoms with E-state index in [1.807, 2.05) is 0 Å². The van der Waals surface area contributed by atoms with Gasteiger partial charge in [0.2, 0.25) is 5.91 Å². The largest absolute Gasteiger partial charge is 0.497 e. The van der Waals surface area contributed by atoms with Crippen LogP contribution in [0.25, 0.3) is 0 Å². The minimum absolute atomic E-state index is 0.0509. The molecule has 0 fully saturated rings. The highest BCUT2D eigenvalue weighted by Crippen LogP contribution is 2.30. The minimum Gasteiger partial charge on any atom is -0.497 e. The maximum atomic E-state index is 13.3. The van der Waals surface area contributed by atoms with E-state index in [0.717, 1.165) is 4.90 Å². The Morgan fingerprint density at radius 2 is 1.65 bits per heavy atom. The first kappa shape index (κ1) is 23.2. The molecule has 3 aromatic rings. The summed E-state index contributed by atoms with van der Waals surface area (Å²) >= 11 is 0. The number of imide groups is 1. The number of carbonyl (C=O) groups is 3. The number of hydrogen-bond acceptors (Lipinski definition) is 7. The van der Waals surface area contributed by atoms with Crippen LogP contribution < -0.4 is 10.1 Å². The summed E-state index contributed by atoms with van der Waals surface area (Å²) in [5.74, 6) is -0.725. The van der Waals surface area contributed by atoms with Crippen LogP contribution in [0.1, 0.15) is 38.1 Å². The Labute approximate surface area is 196 Å². The Hall–Kier alpha value is -3.92. The zero-order valence-electron chi connectivity index (χ0n) is 18.3. The van der Waals surface area contributed by atoms with Crippen LogP contribution >= 0.6 is 0 Å². The van der Waals surface area contributed by atoms with Crippen molar-refractivity contribution in [3.05, 3.63) is 83.8 Å². The number of furan rings is 1. The summed E-state index contributed by atoms with van der Waals surface area (Å²) in [7, 11) is -2.43. The summed E-state index contributed by atoms with van der Waals surface area (Å²) in [6.07, 6.45) is 1.19. The Bertz CT molecular complexity index is 1280. The number of nitrogens with zero attached hydrogens (tertiary/aromatic N) is 1. The molecule has 2 heterocycles. The molecule has 0 saturated carbocycles. The molecule has 34 heavy (non-hydrogen) atoms. The second-order valence-electron chi connectivity index (χ2n) is 7.59. The summed E-state index contributed by atoms with van der Waals surface area (Å²) in [5.41, 5.74) is 0.604. The monoisotopic (exact) mass is 482 g/mol. The van der Waals surface area contributed by atoms with E-state index in [0.29, 0.717) is 16.9 Å². The van der Waals surface area contributed by atoms with Crippen molar-refractivity contribution in [2.24, 2.45) is 0 Å². The van der Waals surface area contributed by atoms with Crippen molar-refractivity contribution in [2.45, 2.75) is 16.6 Å².